The van der Waals surface area contributed by atoms with Gasteiger partial charge in [-0.3, -0.25) is 9.59 Å². The lowest BCUT2D eigenvalue weighted by molar-refractivity contribution is -0.140. The first-order valence-corrected chi connectivity index (χ1v) is 10.5. The van der Waals surface area contributed by atoms with E-state index in [1.807, 2.05) is 82.3 Å². The molecule has 158 valence electrons. The molecule has 0 aliphatic carbocycles. The van der Waals surface area contributed by atoms with Gasteiger partial charge in [0, 0.05) is 24.2 Å². The zero-order valence-electron chi connectivity index (χ0n) is 18.1. The molecule has 1 atom stereocenters. The maximum absolute atomic E-state index is 13.4. The molecular formula is C25H30N2O3. The highest BCUT2D eigenvalue weighted by Gasteiger charge is 2.33. The molecule has 5 nitrogen and oxygen atoms in total. The van der Waals surface area contributed by atoms with Gasteiger partial charge in [0.1, 0.15) is 17.6 Å². The lowest BCUT2D eigenvalue weighted by Gasteiger charge is -2.36. The Morgan fingerprint density at radius 3 is 2.23 bits per heavy atom. The van der Waals surface area contributed by atoms with E-state index >= 15 is 0 Å². The smallest absolute Gasteiger partial charge is 0.251 e. The number of fused-ring (bicyclic) bond motifs is 10. The van der Waals surface area contributed by atoms with Crippen LogP contribution < -0.4 is 10.1 Å². The number of rotatable bonds is 3. The summed E-state index contributed by atoms with van der Waals surface area (Å²) in [5, 5.41) is 3.02. The van der Waals surface area contributed by atoms with Gasteiger partial charge in [0.05, 0.1) is 0 Å². The fourth-order valence-electron chi connectivity index (χ4n) is 3.71. The first-order chi connectivity index (χ1) is 14.4. The van der Waals surface area contributed by atoms with Gasteiger partial charge >= 0.3 is 0 Å². The minimum Gasteiger partial charge on any atom is -0.457 e. The van der Waals surface area contributed by atoms with Gasteiger partial charge in [0.25, 0.3) is 5.91 Å². The monoisotopic (exact) mass is 406 g/mol. The molecule has 2 aromatic carbocycles. The Morgan fingerprint density at radius 1 is 0.967 bits per heavy atom. The number of amides is 2. The van der Waals surface area contributed by atoms with Crippen LogP contribution in [0.4, 0.5) is 0 Å². The number of hydrogen-bond donors (Lipinski definition) is 1. The van der Waals surface area contributed by atoms with Crippen LogP contribution in [0.15, 0.2) is 60.7 Å². The van der Waals surface area contributed by atoms with E-state index in [-0.39, 0.29) is 23.8 Å². The Morgan fingerprint density at radius 2 is 1.63 bits per heavy atom. The Bertz CT molecular complexity index is 902. The molecule has 0 radical (unpaired) electrons. The summed E-state index contributed by atoms with van der Waals surface area (Å²) < 4.78 is 6.13. The summed E-state index contributed by atoms with van der Waals surface area (Å²) in [6.45, 7) is 8.31. The van der Waals surface area contributed by atoms with Crippen LogP contribution in [0.1, 0.15) is 38.8 Å². The van der Waals surface area contributed by atoms with Crippen LogP contribution in [-0.4, -0.2) is 35.3 Å². The van der Waals surface area contributed by atoms with E-state index in [2.05, 4.69) is 5.32 Å². The van der Waals surface area contributed by atoms with Crippen molar-refractivity contribution in [3.63, 3.8) is 0 Å². The highest BCUT2D eigenvalue weighted by atomic mass is 16.5. The predicted octanol–water partition coefficient (Wildman–Crippen LogP) is 4.04. The van der Waals surface area contributed by atoms with Crippen molar-refractivity contribution >= 4 is 17.6 Å². The maximum atomic E-state index is 13.4. The quantitative estimate of drug-likeness (QED) is 0.837. The fraction of sp³-hybridized carbons (Fsp3) is 0.360. The predicted molar refractivity (Wildman–Crippen MR) is 119 cm³/mol. The van der Waals surface area contributed by atoms with Gasteiger partial charge in [-0.05, 0) is 43.9 Å². The van der Waals surface area contributed by atoms with Crippen molar-refractivity contribution < 1.29 is 14.3 Å². The second-order valence-electron chi connectivity index (χ2n) is 8.19. The zero-order valence-corrected chi connectivity index (χ0v) is 18.1. The molecule has 2 heterocycles. The van der Waals surface area contributed by atoms with Crippen molar-refractivity contribution in [3.05, 3.63) is 71.8 Å². The third kappa shape index (κ3) is 5.09. The van der Waals surface area contributed by atoms with Gasteiger partial charge in [-0.25, -0.2) is 0 Å². The minimum absolute atomic E-state index is 0.0305. The number of hydrogen-bond acceptors (Lipinski definition) is 3. The van der Waals surface area contributed by atoms with Crippen molar-refractivity contribution in [3.8, 4) is 5.75 Å². The molecule has 2 amide bonds. The van der Waals surface area contributed by atoms with Gasteiger partial charge in [-0.1, -0.05) is 56.3 Å². The lowest BCUT2D eigenvalue weighted by Crippen LogP contribution is -2.54. The first kappa shape index (κ1) is 21.6. The van der Waals surface area contributed by atoms with Gasteiger partial charge in [-0.2, -0.15) is 0 Å². The standard InChI is InChI=1S/C25H30N2O3/c1-17(2)24-25(29)26-15-14-19-10-12-21(13-11-19)30-22(20-8-6-5-7-9-20)16-23(28)27(24)18(3)4/h5-13,16-18,24H,14-15H2,1-4H3,(H,26,29)/b22-16-. The molecule has 2 bridgehead atoms. The van der Waals surface area contributed by atoms with E-state index in [0.717, 1.165) is 11.1 Å². The Hall–Kier alpha value is -3.08. The van der Waals surface area contributed by atoms with Crippen molar-refractivity contribution in [1.82, 2.24) is 10.2 Å². The van der Waals surface area contributed by atoms with Crippen molar-refractivity contribution in [2.45, 2.75) is 46.2 Å². The summed E-state index contributed by atoms with van der Waals surface area (Å²) in [4.78, 5) is 28.1. The van der Waals surface area contributed by atoms with Gasteiger partial charge in [-0.15, -0.1) is 0 Å². The molecule has 2 aliphatic rings. The van der Waals surface area contributed by atoms with E-state index in [4.69, 9.17) is 4.74 Å². The van der Waals surface area contributed by atoms with Crippen LogP contribution in [0.5, 0.6) is 5.75 Å². The zero-order chi connectivity index (χ0) is 21.7. The largest absolute Gasteiger partial charge is 0.457 e. The number of carbonyl (C=O) groups is 2. The Balaban J connectivity index is 2.10. The number of nitrogens with one attached hydrogen (secondary N) is 1. The molecule has 0 saturated carbocycles. The molecule has 1 unspecified atom stereocenters. The Labute approximate surface area is 178 Å². The van der Waals surface area contributed by atoms with Gasteiger partial charge in [0.2, 0.25) is 5.91 Å². The third-order valence-corrected chi connectivity index (χ3v) is 5.19. The number of ether oxygens (including phenoxy) is 1. The van der Waals surface area contributed by atoms with Crippen LogP contribution >= 0.6 is 0 Å². The molecule has 5 heteroatoms. The average Bonchev–Trinajstić information content (AvgIpc) is 2.72. The van der Waals surface area contributed by atoms with Gasteiger partial charge in [0.15, 0.2) is 0 Å². The van der Waals surface area contributed by atoms with Crippen molar-refractivity contribution in [2.75, 3.05) is 6.54 Å². The lowest BCUT2D eigenvalue weighted by atomic mass is 9.99. The highest BCUT2D eigenvalue weighted by Crippen LogP contribution is 2.24. The summed E-state index contributed by atoms with van der Waals surface area (Å²) >= 11 is 0. The molecule has 30 heavy (non-hydrogen) atoms. The summed E-state index contributed by atoms with van der Waals surface area (Å²) in [5.74, 6) is 0.720. The fourth-order valence-corrected chi connectivity index (χ4v) is 3.71. The highest BCUT2D eigenvalue weighted by molar-refractivity contribution is 5.97. The normalized spacial score (nSPS) is 19.9. The van der Waals surface area contributed by atoms with E-state index in [1.54, 1.807) is 4.90 Å². The molecule has 0 saturated heterocycles. The molecule has 0 spiro atoms. The topological polar surface area (TPSA) is 58.6 Å². The molecule has 0 aromatic heterocycles. The average molecular weight is 407 g/mol. The van der Waals surface area contributed by atoms with E-state index < -0.39 is 6.04 Å². The molecule has 2 aliphatic heterocycles. The third-order valence-electron chi connectivity index (χ3n) is 5.19. The molecule has 4 rings (SSSR count). The number of nitrogens with zero attached hydrogens (tertiary/aromatic N) is 1. The van der Waals surface area contributed by atoms with Crippen LogP contribution in [-0.2, 0) is 16.0 Å². The van der Waals surface area contributed by atoms with E-state index in [9.17, 15) is 9.59 Å². The summed E-state index contributed by atoms with van der Waals surface area (Å²) in [5.41, 5.74) is 1.92. The van der Waals surface area contributed by atoms with Gasteiger partial charge < -0.3 is 15.0 Å². The SMILES string of the molecule is CC(C)C1C(=O)NCCc2ccc(cc2)O/C(c2ccccc2)=C\C(=O)N1C(C)C. The van der Waals surface area contributed by atoms with Crippen LogP contribution in [0.2, 0.25) is 0 Å². The summed E-state index contributed by atoms with van der Waals surface area (Å²) in [7, 11) is 0. The molecule has 1 N–H and O–H groups in total. The summed E-state index contributed by atoms with van der Waals surface area (Å²) in [6, 6.07) is 16.6. The molecular weight excluding hydrogens is 376 g/mol. The first-order valence-electron chi connectivity index (χ1n) is 10.5. The van der Waals surface area contributed by atoms with Crippen LogP contribution in [0.3, 0.4) is 0 Å². The van der Waals surface area contributed by atoms with E-state index in [1.165, 1.54) is 6.08 Å². The molecule has 2 aromatic rings. The van der Waals surface area contributed by atoms with Crippen molar-refractivity contribution in [2.24, 2.45) is 5.92 Å². The molecule has 0 fully saturated rings. The van der Waals surface area contributed by atoms with E-state index in [0.29, 0.717) is 24.5 Å². The maximum Gasteiger partial charge on any atom is 0.251 e. The van der Waals surface area contributed by atoms with Crippen LogP contribution in [0, 0.1) is 5.92 Å². The van der Waals surface area contributed by atoms with Crippen molar-refractivity contribution in [1.29, 1.82) is 0 Å². The second-order valence-corrected chi connectivity index (χ2v) is 8.19. The summed E-state index contributed by atoms with van der Waals surface area (Å²) in [6.07, 6.45) is 2.21. The van der Waals surface area contributed by atoms with Crippen LogP contribution in [0.25, 0.3) is 5.76 Å². The minimum atomic E-state index is -0.561. The number of carbonyl (C=O) groups excluding carboxylic acids is 2. The Kier molecular flexibility index (Phi) is 6.93. The number of benzene rings is 2. The second kappa shape index (κ2) is 9.61.